The minimum absolute atomic E-state index is 0.114. The molecule has 0 N–H and O–H groups in total. The summed E-state index contributed by atoms with van der Waals surface area (Å²) in [7, 11) is -4.89. The average molecular weight is 382 g/mol. The number of alkyl halides is 3. The van der Waals surface area contributed by atoms with Gasteiger partial charge in [0.25, 0.3) is 5.69 Å². The molecule has 0 radical (unpaired) electrons. The molecule has 0 spiro atoms. The third-order valence-electron chi connectivity index (χ3n) is 2.78. The molecule has 6 nitrogen and oxygen atoms in total. The zero-order valence-electron chi connectivity index (χ0n) is 11.5. The molecule has 0 unspecified atom stereocenters. The van der Waals surface area contributed by atoms with Crippen molar-refractivity contribution >= 4 is 27.4 Å². The number of nitro groups is 1. The Kier molecular flexibility index (Phi) is 4.72. The Morgan fingerprint density at radius 1 is 1.12 bits per heavy atom. The number of benzene rings is 2. The van der Waals surface area contributed by atoms with Gasteiger partial charge in [-0.05, 0) is 24.3 Å². The second-order valence-corrected chi connectivity index (χ2v) is 6.35. The maximum Gasteiger partial charge on any atom is 0.420 e. The van der Waals surface area contributed by atoms with E-state index in [1.54, 1.807) is 0 Å². The predicted octanol–water partition coefficient (Wildman–Crippen LogP) is 4.03. The molecule has 0 atom stereocenters. The summed E-state index contributed by atoms with van der Waals surface area (Å²) in [5, 5.41) is 10.8. The molecule has 0 aliphatic rings. The zero-order valence-corrected chi connectivity index (χ0v) is 13.0. The monoisotopic (exact) mass is 381 g/mol. The first-order valence-corrected chi connectivity index (χ1v) is 7.85. The van der Waals surface area contributed by atoms with Crippen LogP contribution >= 0.6 is 11.6 Å². The molecule has 2 rings (SSSR count). The van der Waals surface area contributed by atoms with Gasteiger partial charge in [-0.3, -0.25) is 10.1 Å². The summed E-state index contributed by atoms with van der Waals surface area (Å²) in [5.74, 6) is -0.991. The minimum atomic E-state index is -4.89. The number of nitro benzene ring substituents is 1. The van der Waals surface area contributed by atoms with Gasteiger partial charge in [0.05, 0.1) is 10.5 Å². The maximum atomic E-state index is 12.9. The van der Waals surface area contributed by atoms with Crippen molar-refractivity contribution in [3.8, 4) is 5.75 Å². The van der Waals surface area contributed by atoms with Crippen LogP contribution < -0.4 is 4.18 Å². The van der Waals surface area contributed by atoms with Crippen molar-refractivity contribution < 1.29 is 30.7 Å². The van der Waals surface area contributed by atoms with Gasteiger partial charge in [0, 0.05) is 11.1 Å². The van der Waals surface area contributed by atoms with Crippen LogP contribution in [0.4, 0.5) is 18.9 Å². The molecule has 2 aromatic rings. The molecule has 0 saturated heterocycles. The number of para-hydroxylation sites is 1. The summed E-state index contributed by atoms with van der Waals surface area (Å²) >= 11 is 5.57. The molecule has 0 aliphatic carbocycles. The lowest BCUT2D eigenvalue weighted by Crippen LogP contribution is -2.15. The van der Waals surface area contributed by atoms with Crippen LogP contribution in [0.2, 0.25) is 5.02 Å². The Labute approximate surface area is 138 Å². The smallest absolute Gasteiger partial charge is 0.378 e. The van der Waals surface area contributed by atoms with Crippen LogP contribution in [-0.2, 0) is 16.3 Å². The standard InChI is InChI=1S/C13H7ClF3NO5S/c14-8-5-6-12(10(7-8)18(19)20)24(21,22)23-11-4-2-1-3-9(11)13(15,16)17/h1-7H. The Morgan fingerprint density at radius 2 is 1.75 bits per heavy atom. The first kappa shape index (κ1) is 18.0. The third kappa shape index (κ3) is 3.77. The Hall–Kier alpha value is -2.33. The second-order valence-electron chi connectivity index (χ2n) is 4.40. The Bertz CT molecular complexity index is 899. The summed E-state index contributed by atoms with van der Waals surface area (Å²) < 4.78 is 67.5. The lowest BCUT2D eigenvalue weighted by Gasteiger charge is -2.13. The second kappa shape index (κ2) is 6.29. The number of nitrogens with zero attached hydrogens (tertiary/aromatic N) is 1. The van der Waals surface area contributed by atoms with Crippen LogP contribution in [-0.4, -0.2) is 13.3 Å². The van der Waals surface area contributed by atoms with Crippen LogP contribution in [0.1, 0.15) is 5.56 Å². The van der Waals surface area contributed by atoms with Crippen molar-refractivity contribution in [2.45, 2.75) is 11.1 Å². The first-order valence-electron chi connectivity index (χ1n) is 6.07. The Morgan fingerprint density at radius 3 is 2.33 bits per heavy atom. The van der Waals surface area contributed by atoms with Gasteiger partial charge in [-0.1, -0.05) is 23.7 Å². The van der Waals surface area contributed by atoms with Gasteiger partial charge in [0.15, 0.2) is 10.6 Å². The molecule has 24 heavy (non-hydrogen) atoms. The van der Waals surface area contributed by atoms with E-state index in [1.807, 2.05) is 0 Å². The van der Waals surface area contributed by atoms with Crippen LogP contribution in [0, 0.1) is 10.1 Å². The molecule has 0 saturated carbocycles. The number of hydrogen-bond donors (Lipinski definition) is 0. The fraction of sp³-hybridized carbons (Fsp3) is 0.0769. The molecule has 128 valence electrons. The summed E-state index contributed by atoms with van der Waals surface area (Å²) in [6, 6.07) is 6.19. The largest absolute Gasteiger partial charge is 0.420 e. The highest BCUT2D eigenvalue weighted by Gasteiger charge is 2.36. The van der Waals surface area contributed by atoms with Crippen molar-refractivity contribution in [1.82, 2.24) is 0 Å². The highest BCUT2D eigenvalue weighted by molar-refractivity contribution is 7.87. The van der Waals surface area contributed by atoms with Gasteiger partial charge in [-0.2, -0.15) is 21.6 Å². The maximum absolute atomic E-state index is 12.9. The summed E-state index contributed by atoms with van der Waals surface area (Å²) in [5.41, 5.74) is -2.24. The molecule has 0 fully saturated rings. The SMILES string of the molecule is O=[N+]([O-])c1cc(Cl)ccc1S(=O)(=O)Oc1ccccc1C(F)(F)F. The van der Waals surface area contributed by atoms with Gasteiger partial charge in [0.2, 0.25) is 0 Å². The summed E-state index contributed by atoms with van der Waals surface area (Å²) in [4.78, 5) is 9.01. The predicted molar refractivity (Wildman–Crippen MR) is 77.4 cm³/mol. The number of hydrogen-bond acceptors (Lipinski definition) is 5. The summed E-state index contributed by atoms with van der Waals surface area (Å²) in [6.45, 7) is 0. The van der Waals surface area contributed by atoms with Crippen LogP contribution in [0.15, 0.2) is 47.4 Å². The number of rotatable bonds is 4. The van der Waals surface area contributed by atoms with E-state index in [9.17, 15) is 31.7 Å². The van der Waals surface area contributed by atoms with Crippen LogP contribution in [0.25, 0.3) is 0 Å². The molecule has 0 bridgehead atoms. The Balaban J connectivity index is 2.54. The van der Waals surface area contributed by atoms with E-state index >= 15 is 0 Å². The van der Waals surface area contributed by atoms with E-state index in [1.165, 1.54) is 0 Å². The molecular formula is C13H7ClF3NO5S. The third-order valence-corrected chi connectivity index (χ3v) is 4.30. The van der Waals surface area contributed by atoms with E-state index in [4.69, 9.17) is 11.6 Å². The van der Waals surface area contributed by atoms with E-state index in [-0.39, 0.29) is 5.02 Å². The number of halogens is 4. The quantitative estimate of drug-likeness (QED) is 0.453. The lowest BCUT2D eigenvalue weighted by atomic mass is 10.2. The zero-order chi connectivity index (χ0) is 18.1. The topological polar surface area (TPSA) is 86.5 Å². The highest BCUT2D eigenvalue weighted by atomic mass is 35.5. The van der Waals surface area contributed by atoms with E-state index in [0.717, 1.165) is 36.4 Å². The van der Waals surface area contributed by atoms with Crippen molar-refractivity contribution in [3.63, 3.8) is 0 Å². The van der Waals surface area contributed by atoms with Gasteiger partial charge < -0.3 is 4.18 Å². The molecule has 0 heterocycles. The highest BCUT2D eigenvalue weighted by Crippen LogP contribution is 2.38. The molecule has 2 aromatic carbocycles. The minimum Gasteiger partial charge on any atom is -0.378 e. The molecular weight excluding hydrogens is 375 g/mol. The van der Waals surface area contributed by atoms with Gasteiger partial charge in [-0.25, -0.2) is 0 Å². The van der Waals surface area contributed by atoms with Gasteiger partial charge in [0.1, 0.15) is 0 Å². The van der Waals surface area contributed by atoms with Gasteiger partial charge >= 0.3 is 16.3 Å². The first-order chi connectivity index (χ1) is 11.0. The van der Waals surface area contributed by atoms with Crippen LogP contribution in [0.5, 0.6) is 5.75 Å². The molecule has 0 aromatic heterocycles. The van der Waals surface area contributed by atoms with Crippen molar-refractivity contribution in [2.75, 3.05) is 0 Å². The molecule has 0 amide bonds. The average Bonchev–Trinajstić information content (AvgIpc) is 2.45. The fourth-order valence-electron chi connectivity index (χ4n) is 1.78. The van der Waals surface area contributed by atoms with Gasteiger partial charge in [-0.15, -0.1) is 0 Å². The van der Waals surface area contributed by atoms with E-state index < -0.39 is 43.1 Å². The van der Waals surface area contributed by atoms with Crippen molar-refractivity contribution in [3.05, 3.63) is 63.2 Å². The summed E-state index contributed by atoms with van der Waals surface area (Å²) in [6.07, 6.45) is -4.86. The van der Waals surface area contributed by atoms with E-state index in [0.29, 0.717) is 6.07 Å². The fourth-order valence-corrected chi connectivity index (χ4v) is 3.04. The van der Waals surface area contributed by atoms with E-state index in [2.05, 4.69) is 4.18 Å². The van der Waals surface area contributed by atoms with Crippen LogP contribution in [0.3, 0.4) is 0 Å². The normalized spacial score (nSPS) is 12.0. The lowest BCUT2D eigenvalue weighted by molar-refractivity contribution is -0.387. The molecule has 0 aliphatic heterocycles. The van der Waals surface area contributed by atoms with Crippen molar-refractivity contribution in [2.24, 2.45) is 0 Å². The molecule has 11 heteroatoms. The van der Waals surface area contributed by atoms with Crippen molar-refractivity contribution in [1.29, 1.82) is 0 Å².